The van der Waals surface area contributed by atoms with Gasteiger partial charge < -0.3 is 15.0 Å². The fraction of sp³-hybridized carbons (Fsp3) is 0.333. The van der Waals surface area contributed by atoms with Crippen molar-refractivity contribution in [3.8, 4) is 5.75 Å². The monoisotopic (exact) mass is 653 g/mol. The lowest BCUT2D eigenvalue weighted by Crippen LogP contribution is -2.54. The molecule has 12 heteroatoms. The van der Waals surface area contributed by atoms with E-state index in [-0.39, 0.29) is 45.7 Å². The minimum atomic E-state index is -4.03. The van der Waals surface area contributed by atoms with Crippen molar-refractivity contribution in [1.29, 1.82) is 0 Å². The van der Waals surface area contributed by atoms with Crippen LogP contribution in [0.1, 0.15) is 31.4 Å². The smallest absolute Gasteiger partial charge is 0.244 e. The maximum absolute atomic E-state index is 14.2. The predicted octanol–water partition coefficient (Wildman–Crippen LogP) is 5.98. The van der Waals surface area contributed by atoms with Crippen molar-refractivity contribution >= 4 is 62.3 Å². The summed E-state index contributed by atoms with van der Waals surface area (Å²) in [6, 6.07) is 17.9. The molecule has 0 unspecified atom stereocenters. The number of anilines is 1. The zero-order chi connectivity index (χ0) is 31.0. The molecule has 42 heavy (non-hydrogen) atoms. The van der Waals surface area contributed by atoms with Crippen LogP contribution in [0.4, 0.5) is 5.69 Å². The van der Waals surface area contributed by atoms with Gasteiger partial charge in [-0.05, 0) is 48.7 Å². The van der Waals surface area contributed by atoms with E-state index in [0.29, 0.717) is 17.7 Å². The van der Waals surface area contributed by atoms with E-state index in [4.69, 9.17) is 39.5 Å². The Balaban J connectivity index is 2.11. The number of nitrogens with zero attached hydrogens (tertiary/aromatic N) is 2. The average Bonchev–Trinajstić information content (AvgIpc) is 2.95. The summed E-state index contributed by atoms with van der Waals surface area (Å²) in [5.74, 6) is -0.405. The Labute approximate surface area is 262 Å². The first-order chi connectivity index (χ1) is 19.8. The number of ether oxygens (including phenoxy) is 1. The fourth-order valence-corrected chi connectivity index (χ4v) is 5.81. The molecule has 0 aliphatic heterocycles. The number of rotatable bonds is 13. The van der Waals surface area contributed by atoms with Crippen LogP contribution in [-0.2, 0) is 32.6 Å². The molecule has 0 bridgehead atoms. The molecule has 3 rings (SSSR count). The quantitative estimate of drug-likeness (QED) is 0.229. The van der Waals surface area contributed by atoms with E-state index in [2.05, 4.69) is 5.32 Å². The molecule has 2 atom stereocenters. The van der Waals surface area contributed by atoms with Gasteiger partial charge in [-0.3, -0.25) is 13.9 Å². The number of hydrogen-bond acceptors (Lipinski definition) is 5. The number of nitrogens with one attached hydrogen (secondary N) is 1. The Morgan fingerprint density at radius 2 is 1.57 bits per heavy atom. The van der Waals surface area contributed by atoms with E-state index in [1.165, 1.54) is 24.1 Å². The zero-order valence-electron chi connectivity index (χ0n) is 23.8. The SMILES string of the molecule is CC[C@H](C)NC(=O)[C@@H](Cc1ccccc1)N(Cc1cccc(OC)c1)C(=O)CN(c1cc(Cl)c(Cl)cc1Cl)S(C)(=O)=O. The topological polar surface area (TPSA) is 96.0 Å². The van der Waals surface area contributed by atoms with Crippen molar-refractivity contribution in [3.63, 3.8) is 0 Å². The van der Waals surface area contributed by atoms with Crippen LogP contribution < -0.4 is 14.4 Å². The lowest BCUT2D eigenvalue weighted by atomic mass is 10.0. The zero-order valence-corrected chi connectivity index (χ0v) is 26.9. The average molecular weight is 655 g/mol. The highest BCUT2D eigenvalue weighted by Gasteiger charge is 2.34. The maximum Gasteiger partial charge on any atom is 0.244 e. The van der Waals surface area contributed by atoms with Gasteiger partial charge in [0, 0.05) is 19.0 Å². The molecule has 0 spiro atoms. The van der Waals surface area contributed by atoms with E-state index >= 15 is 0 Å². The van der Waals surface area contributed by atoms with Gasteiger partial charge in [0.2, 0.25) is 21.8 Å². The predicted molar refractivity (Wildman–Crippen MR) is 169 cm³/mol. The molecular weight excluding hydrogens is 621 g/mol. The molecular formula is C30H34Cl3N3O5S. The van der Waals surface area contributed by atoms with Gasteiger partial charge in [0.1, 0.15) is 18.3 Å². The molecule has 0 fully saturated rings. The Hall–Kier alpha value is -2.98. The van der Waals surface area contributed by atoms with Gasteiger partial charge in [-0.25, -0.2) is 8.42 Å². The first-order valence-corrected chi connectivity index (χ1v) is 16.2. The highest BCUT2D eigenvalue weighted by Crippen LogP contribution is 2.35. The van der Waals surface area contributed by atoms with E-state index in [1.54, 1.807) is 24.3 Å². The van der Waals surface area contributed by atoms with Crippen molar-refractivity contribution in [2.75, 3.05) is 24.2 Å². The molecule has 2 amide bonds. The molecule has 0 saturated heterocycles. The molecule has 1 N–H and O–H groups in total. The third-order valence-corrected chi connectivity index (χ3v) is 8.85. The second-order valence-corrected chi connectivity index (χ2v) is 13.0. The molecule has 0 aliphatic carbocycles. The number of hydrogen-bond donors (Lipinski definition) is 1. The first-order valence-electron chi connectivity index (χ1n) is 13.2. The van der Waals surface area contributed by atoms with Crippen LogP contribution in [0.15, 0.2) is 66.7 Å². The van der Waals surface area contributed by atoms with Gasteiger partial charge in [0.05, 0.1) is 34.1 Å². The molecule has 0 heterocycles. The third-order valence-electron chi connectivity index (χ3n) is 6.70. The van der Waals surface area contributed by atoms with Crippen molar-refractivity contribution in [3.05, 3.63) is 92.9 Å². The normalized spacial score (nSPS) is 12.7. The largest absolute Gasteiger partial charge is 0.497 e. The number of halogens is 3. The Kier molecular flexibility index (Phi) is 11.9. The summed E-state index contributed by atoms with van der Waals surface area (Å²) in [5, 5.41) is 3.19. The number of methoxy groups -OCH3 is 1. The number of carbonyl (C=O) groups excluding carboxylic acids is 2. The lowest BCUT2D eigenvalue weighted by molar-refractivity contribution is -0.140. The first kappa shape index (κ1) is 33.5. The number of benzene rings is 3. The summed E-state index contributed by atoms with van der Waals surface area (Å²) in [4.78, 5) is 29.3. The van der Waals surface area contributed by atoms with E-state index in [9.17, 15) is 18.0 Å². The van der Waals surface area contributed by atoms with E-state index < -0.39 is 28.5 Å². The van der Waals surface area contributed by atoms with Gasteiger partial charge in [-0.15, -0.1) is 0 Å². The Morgan fingerprint density at radius 1 is 0.929 bits per heavy atom. The summed E-state index contributed by atoms with van der Waals surface area (Å²) in [6.45, 7) is 3.20. The molecule has 0 saturated carbocycles. The van der Waals surface area contributed by atoms with Crippen LogP contribution in [0.3, 0.4) is 0 Å². The molecule has 8 nitrogen and oxygen atoms in total. The second-order valence-electron chi connectivity index (χ2n) is 9.88. The van der Waals surface area contributed by atoms with Crippen LogP contribution >= 0.6 is 34.8 Å². The number of amides is 2. The molecule has 0 radical (unpaired) electrons. The van der Waals surface area contributed by atoms with E-state index in [0.717, 1.165) is 16.1 Å². The molecule has 0 aliphatic rings. The molecule has 0 aromatic heterocycles. The fourth-order valence-electron chi connectivity index (χ4n) is 4.26. The van der Waals surface area contributed by atoms with Crippen LogP contribution in [0, 0.1) is 0 Å². The Bertz CT molecular complexity index is 1510. The van der Waals surface area contributed by atoms with Crippen molar-refractivity contribution < 1.29 is 22.7 Å². The molecule has 226 valence electrons. The minimum Gasteiger partial charge on any atom is -0.497 e. The summed E-state index contributed by atoms with van der Waals surface area (Å²) in [7, 11) is -2.50. The van der Waals surface area contributed by atoms with Gasteiger partial charge in [0.25, 0.3) is 0 Å². The van der Waals surface area contributed by atoms with E-state index in [1.807, 2.05) is 44.2 Å². The maximum atomic E-state index is 14.2. The van der Waals surface area contributed by atoms with Crippen LogP contribution in [-0.4, -0.2) is 57.1 Å². The van der Waals surface area contributed by atoms with Crippen molar-refractivity contribution in [1.82, 2.24) is 10.2 Å². The highest BCUT2D eigenvalue weighted by atomic mass is 35.5. The minimum absolute atomic E-state index is 0.00248. The van der Waals surface area contributed by atoms with Gasteiger partial charge in [0.15, 0.2) is 0 Å². The third kappa shape index (κ3) is 9.01. The standard InChI is InChI=1S/C30H34Cl3N3O5S/c1-5-20(2)34-30(38)28(15-21-10-7-6-8-11-21)35(18-22-12-9-13-23(14-22)41-3)29(37)19-36(42(4,39)40)27-17-25(32)24(31)16-26(27)33/h6-14,16-17,20,28H,5,15,18-19H2,1-4H3,(H,34,38)/t20-,28+/m0/s1. The number of carbonyl (C=O) groups is 2. The van der Waals surface area contributed by atoms with Crippen LogP contribution in [0.25, 0.3) is 0 Å². The van der Waals surface area contributed by atoms with Crippen LogP contribution in [0.2, 0.25) is 15.1 Å². The van der Waals surface area contributed by atoms with Gasteiger partial charge >= 0.3 is 0 Å². The molecule has 3 aromatic carbocycles. The van der Waals surface area contributed by atoms with Crippen molar-refractivity contribution in [2.45, 2.75) is 45.3 Å². The van der Waals surface area contributed by atoms with Gasteiger partial charge in [-0.2, -0.15) is 0 Å². The highest BCUT2D eigenvalue weighted by molar-refractivity contribution is 7.92. The number of sulfonamides is 1. The summed E-state index contributed by atoms with van der Waals surface area (Å²) >= 11 is 18.6. The lowest BCUT2D eigenvalue weighted by Gasteiger charge is -2.34. The summed E-state index contributed by atoms with van der Waals surface area (Å²) in [6.07, 6.45) is 1.85. The summed E-state index contributed by atoms with van der Waals surface area (Å²) in [5.41, 5.74) is 1.51. The van der Waals surface area contributed by atoms with Crippen LogP contribution in [0.5, 0.6) is 5.75 Å². The van der Waals surface area contributed by atoms with Gasteiger partial charge in [-0.1, -0.05) is 84.2 Å². The summed E-state index contributed by atoms with van der Waals surface area (Å²) < 4.78 is 32.2. The second kappa shape index (κ2) is 15.0. The Morgan fingerprint density at radius 3 is 2.19 bits per heavy atom. The van der Waals surface area contributed by atoms with Crippen molar-refractivity contribution in [2.24, 2.45) is 0 Å². The molecule has 3 aromatic rings.